The Hall–Kier alpha value is -1.59. The van der Waals surface area contributed by atoms with Gasteiger partial charge in [-0.25, -0.2) is 0 Å². The van der Waals surface area contributed by atoms with E-state index < -0.39 is 0 Å². The van der Waals surface area contributed by atoms with Crippen LogP contribution in [-0.2, 0) is 10.2 Å². The van der Waals surface area contributed by atoms with Gasteiger partial charge in [0.15, 0.2) is 0 Å². The third kappa shape index (κ3) is 8.76. The van der Waals surface area contributed by atoms with Crippen LogP contribution in [0, 0.1) is 5.92 Å². The van der Waals surface area contributed by atoms with Gasteiger partial charge in [0.1, 0.15) is 0 Å². The number of rotatable bonds is 8. The number of hydrogen-bond donors (Lipinski definition) is 2. The van der Waals surface area contributed by atoms with Gasteiger partial charge < -0.3 is 16.0 Å². The normalized spacial score (nSPS) is 12.3. The molecule has 6 heteroatoms. The largest absolute Gasteiger partial charge is 0.352 e. The number of nitrogens with two attached hydrogens (primary N) is 1. The molecule has 0 aromatic heterocycles. The van der Waals surface area contributed by atoms with Crippen LogP contribution in [-0.4, -0.2) is 42.9 Å². The zero-order valence-corrected chi connectivity index (χ0v) is 18.4. The molecule has 1 aromatic carbocycles. The molecule has 1 unspecified atom stereocenters. The highest BCUT2D eigenvalue weighted by atomic mass is 35.5. The number of benzene rings is 1. The Bertz CT molecular complexity index is 594. The molecule has 1 aromatic rings. The van der Waals surface area contributed by atoms with Gasteiger partial charge in [-0.3, -0.25) is 9.59 Å². The number of carbonyl (C=O) groups is 2. The highest BCUT2D eigenvalue weighted by Crippen LogP contribution is 2.22. The highest BCUT2D eigenvalue weighted by molar-refractivity contribution is 5.94. The molecule has 2 amide bonds. The summed E-state index contributed by atoms with van der Waals surface area (Å²) in [5.74, 6) is 0.273. The zero-order valence-electron chi connectivity index (χ0n) is 17.5. The summed E-state index contributed by atoms with van der Waals surface area (Å²) in [5, 5.41) is 2.81. The summed E-state index contributed by atoms with van der Waals surface area (Å²) in [4.78, 5) is 26.0. The number of carbonyl (C=O) groups excluding carboxylic acids is 2. The summed E-state index contributed by atoms with van der Waals surface area (Å²) in [6, 6.07) is 7.72. The number of amides is 2. The van der Waals surface area contributed by atoms with Crippen molar-refractivity contribution in [1.82, 2.24) is 10.2 Å². The minimum absolute atomic E-state index is 0. The van der Waals surface area contributed by atoms with Crippen molar-refractivity contribution in [2.75, 3.05) is 20.1 Å². The van der Waals surface area contributed by atoms with Gasteiger partial charge in [0, 0.05) is 38.2 Å². The molecule has 0 fully saturated rings. The first-order chi connectivity index (χ1) is 12.0. The van der Waals surface area contributed by atoms with Crippen LogP contribution < -0.4 is 11.1 Å². The van der Waals surface area contributed by atoms with E-state index >= 15 is 0 Å². The summed E-state index contributed by atoms with van der Waals surface area (Å²) < 4.78 is 0. The molecule has 0 saturated heterocycles. The summed E-state index contributed by atoms with van der Waals surface area (Å²) in [6.07, 6.45) is 1.08. The maximum atomic E-state index is 12.2. The van der Waals surface area contributed by atoms with Gasteiger partial charge in [-0.2, -0.15) is 0 Å². The third-order valence-corrected chi connectivity index (χ3v) is 4.72. The lowest BCUT2D eigenvalue weighted by Crippen LogP contribution is -2.36. The molecular weight excluding hydrogens is 362 g/mol. The maximum Gasteiger partial charge on any atom is 0.251 e. The minimum atomic E-state index is -0.150. The van der Waals surface area contributed by atoms with E-state index in [1.54, 1.807) is 11.9 Å². The van der Waals surface area contributed by atoms with Gasteiger partial charge in [-0.05, 0) is 35.4 Å². The van der Waals surface area contributed by atoms with Crippen LogP contribution in [0.15, 0.2) is 24.3 Å². The van der Waals surface area contributed by atoms with E-state index in [0.717, 1.165) is 6.42 Å². The van der Waals surface area contributed by atoms with Crippen molar-refractivity contribution in [3.8, 4) is 0 Å². The molecule has 0 aliphatic rings. The maximum absolute atomic E-state index is 12.2. The number of nitrogens with one attached hydrogen (secondary N) is 1. The van der Waals surface area contributed by atoms with Crippen LogP contribution in [0.1, 0.15) is 63.4 Å². The van der Waals surface area contributed by atoms with Gasteiger partial charge in [0.25, 0.3) is 5.91 Å². The molecule has 0 radical (unpaired) electrons. The van der Waals surface area contributed by atoms with E-state index in [1.165, 1.54) is 5.56 Å². The standard InChI is InChI=1S/C21H35N3O2.ClH/c1-15(2)18(22)12-14-24(6)19(25)11-13-23-20(26)16-7-9-17(10-8-16)21(3,4)5;/h7-10,15,18H,11-14,22H2,1-6H3,(H,23,26);1H. The first kappa shape index (κ1) is 25.4. The van der Waals surface area contributed by atoms with E-state index in [9.17, 15) is 9.59 Å². The number of halogens is 1. The van der Waals surface area contributed by atoms with E-state index in [4.69, 9.17) is 5.73 Å². The van der Waals surface area contributed by atoms with Crippen LogP contribution in [0.3, 0.4) is 0 Å². The SMILES string of the molecule is CC(C)C(N)CCN(C)C(=O)CCNC(=O)c1ccc(C(C)(C)C)cc1.Cl. The van der Waals surface area contributed by atoms with Gasteiger partial charge in [-0.1, -0.05) is 46.8 Å². The monoisotopic (exact) mass is 397 g/mol. The Kier molecular flexibility index (Phi) is 10.6. The molecular formula is C21H36ClN3O2. The van der Waals surface area contributed by atoms with Gasteiger partial charge >= 0.3 is 0 Å². The number of hydrogen-bond acceptors (Lipinski definition) is 3. The lowest BCUT2D eigenvalue weighted by Gasteiger charge is -2.21. The van der Waals surface area contributed by atoms with E-state index in [2.05, 4.69) is 39.9 Å². The van der Waals surface area contributed by atoms with Crippen molar-refractivity contribution in [1.29, 1.82) is 0 Å². The molecule has 0 saturated carbocycles. The van der Waals surface area contributed by atoms with Gasteiger partial charge in [-0.15, -0.1) is 12.4 Å². The van der Waals surface area contributed by atoms with Crippen LogP contribution in [0.5, 0.6) is 0 Å². The van der Waals surface area contributed by atoms with E-state index in [1.807, 2.05) is 24.3 Å². The van der Waals surface area contributed by atoms with Crippen molar-refractivity contribution < 1.29 is 9.59 Å². The second-order valence-electron chi connectivity index (χ2n) is 8.35. The Labute approximate surface area is 170 Å². The van der Waals surface area contributed by atoms with Crippen molar-refractivity contribution in [2.45, 2.75) is 58.9 Å². The average molecular weight is 398 g/mol. The van der Waals surface area contributed by atoms with E-state index in [-0.39, 0.29) is 35.7 Å². The molecule has 0 aliphatic carbocycles. The first-order valence-electron chi connectivity index (χ1n) is 9.40. The second-order valence-corrected chi connectivity index (χ2v) is 8.35. The van der Waals surface area contributed by atoms with E-state index in [0.29, 0.717) is 31.0 Å². The van der Waals surface area contributed by atoms with Crippen LogP contribution in [0.2, 0.25) is 0 Å². The van der Waals surface area contributed by atoms with Crippen molar-refractivity contribution in [3.63, 3.8) is 0 Å². The molecule has 1 atom stereocenters. The molecule has 1 rings (SSSR count). The second kappa shape index (κ2) is 11.3. The molecule has 0 spiro atoms. The summed E-state index contributed by atoms with van der Waals surface area (Å²) in [6.45, 7) is 11.5. The van der Waals surface area contributed by atoms with Crippen LogP contribution in [0.4, 0.5) is 0 Å². The average Bonchev–Trinajstić information content (AvgIpc) is 2.58. The fraction of sp³-hybridized carbons (Fsp3) is 0.619. The zero-order chi connectivity index (χ0) is 19.9. The van der Waals surface area contributed by atoms with Crippen LogP contribution in [0.25, 0.3) is 0 Å². The van der Waals surface area contributed by atoms with Gasteiger partial charge in [0.2, 0.25) is 5.91 Å². The Morgan fingerprint density at radius 3 is 2.19 bits per heavy atom. The molecule has 0 bridgehead atoms. The van der Waals surface area contributed by atoms with Crippen molar-refractivity contribution in [3.05, 3.63) is 35.4 Å². The molecule has 154 valence electrons. The highest BCUT2D eigenvalue weighted by Gasteiger charge is 2.15. The molecule has 3 N–H and O–H groups in total. The fourth-order valence-corrected chi connectivity index (χ4v) is 2.50. The Morgan fingerprint density at radius 1 is 1.15 bits per heavy atom. The molecule has 0 heterocycles. The minimum Gasteiger partial charge on any atom is -0.352 e. The van der Waals surface area contributed by atoms with Gasteiger partial charge in [0.05, 0.1) is 0 Å². The summed E-state index contributed by atoms with van der Waals surface area (Å²) in [5.41, 5.74) is 7.87. The Morgan fingerprint density at radius 2 is 1.70 bits per heavy atom. The number of nitrogens with zero attached hydrogens (tertiary/aromatic N) is 1. The summed E-state index contributed by atoms with van der Waals surface area (Å²) >= 11 is 0. The fourth-order valence-electron chi connectivity index (χ4n) is 2.50. The lowest BCUT2D eigenvalue weighted by molar-refractivity contribution is -0.129. The topological polar surface area (TPSA) is 75.4 Å². The first-order valence-corrected chi connectivity index (χ1v) is 9.40. The summed E-state index contributed by atoms with van der Waals surface area (Å²) in [7, 11) is 1.78. The third-order valence-electron chi connectivity index (χ3n) is 4.72. The molecule has 27 heavy (non-hydrogen) atoms. The van der Waals surface area contributed by atoms with Crippen molar-refractivity contribution in [2.24, 2.45) is 11.7 Å². The predicted octanol–water partition coefficient (Wildman–Crippen LogP) is 3.36. The Balaban J connectivity index is 0.00000676. The molecule has 0 aliphatic heterocycles. The smallest absolute Gasteiger partial charge is 0.251 e. The van der Waals surface area contributed by atoms with Crippen LogP contribution >= 0.6 is 12.4 Å². The predicted molar refractivity (Wildman–Crippen MR) is 114 cm³/mol. The lowest BCUT2D eigenvalue weighted by atomic mass is 9.87. The quantitative estimate of drug-likeness (QED) is 0.706. The van der Waals surface area contributed by atoms with Crippen molar-refractivity contribution >= 4 is 24.2 Å². The molecule has 5 nitrogen and oxygen atoms in total.